The Balaban J connectivity index is 1.81. The molecular weight excluding hydrogens is 360 g/mol. The molecule has 140 valence electrons. The lowest BCUT2D eigenvalue weighted by Crippen LogP contribution is -2.32. The number of amides is 1. The number of methoxy groups -OCH3 is 1. The van der Waals surface area contributed by atoms with Crippen molar-refractivity contribution in [3.05, 3.63) is 45.1 Å². The molecule has 0 N–H and O–H groups in total. The van der Waals surface area contributed by atoms with Crippen LogP contribution in [-0.4, -0.2) is 30.6 Å². The quantitative estimate of drug-likeness (QED) is 0.693. The summed E-state index contributed by atoms with van der Waals surface area (Å²) in [7, 11) is 1.40. The maximum atomic E-state index is 12.9. The Morgan fingerprint density at radius 2 is 2.00 bits per heavy atom. The smallest absolute Gasteiger partial charge is 0.387 e. The van der Waals surface area contributed by atoms with Crippen LogP contribution in [0.25, 0.3) is 0 Å². The predicted octanol–water partition coefficient (Wildman–Crippen LogP) is 4.78. The highest BCUT2D eigenvalue weighted by molar-refractivity contribution is 7.14. The SMILES string of the molecule is COc1cc(CN(C(=O)c2cc(C)c(C)s2)C2CC2)ccc1OC(F)F. The minimum absolute atomic E-state index is 0.0138. The molecule has 1 saturated carbocycles. The number of carbonyl (C=O) groups excluding carboxylic acids is 1. The van der Waals surface area contributed by atoms with Crippen molar-refractivity contribution in [1.29, 1.82) is 0 Å². The third-order valence-electron chi connectivity index (χ3n) is 4.42. The summed E-state index contributed by atoms with van der Waals surface area (Å²) < 4.78 is 34.5. The van der Waals surface area contributed by atoms with Crippen LogP contribution in [0.15, 0.2) is 24.3 Å². The highest BCUT2D eigenvalue weighted by Gasteiger charge is 2.34. The standard InChI is InChI=1S/C19H21F2NO3S/c1-11-8-17(26-12(11)2)18(23)22(14-5-6-14)10-13-4-7-15(25-19(20)21)16(9-13)24-3/h4,7-9,14,19H,5-6,10H2,1-3H3. The maximum Gasteiger partial charge on any atom is 0.387 e. The zero-order valence-corrected chi connectivity index (χ0v) is 15.7. The van der Waals surface area contributed by atoms with Crippen LogP contribution in [0.3, 0.4) is 0 Å². The van der Waals surface area contributed by atoms with E-state index in [4.69, 9.17) is 4.74 Å². The van der Waals surface area contributed by atoms with Gasteiger partial charge in [0.25, 0.3) is 5.91 Å². The number of aryl methyl sites for hydroxylation is 2. The zero-order chi connectivity index (χ0) is 18.8. The monoisotopic (exact) mass is 381 g/mol. The molecule has 0 atom stereocenters. The van der Waals surface area contributed by atoms with Gasteiger partial charge in [-0.2, -0.15) is 8.78 Å². The molecule has 1 fully saturated rings. The van der Waals surface area contributed by atoms with Gasteiger partial charge >= 0.3 is 6.61 Å². The number of thiophene rings is 1. The largest absolute Gasteiger partial charge is 0.493 e. The number of alkyl halides is 2. The Kier molecular flexibility index (Phi) is 5.46. The van der Waals surface area contributed by atoms with Crippen molar-refractivity contribution in [2.45, 2.75) is 45.9 Å². The first-order valence-electron chi connectivity index (χ1n) is 8.38. The van der Waals surface area contributed by atoms with Crippen molar-refractivity contribution in [2.24, 2.45) is 0 Å². The number of nitrogens with zero attached hydrogens (tertiary/aromatic N) is 1. The molecule has 1 amide bonds. The van der Waals surface area contributed by atoms with Crippen LogP contribution < -0.4 is 9.47 Å². The number of benzene rings is 1. The third kappa shape index (κ3) is 4.15. The van der Waals surface area contributed by atoms with E-state index in [2.05, 4.69) is 4.74 Å². The minimum atomic E-state index is -2.91. The van der Waals surface area contributed by atoms with Crippen molar-refractivity contribution in [3.8, 4) is 11.5 Å². The van der Waals surface area contributed by atoms with Gasteiger partial charge in [-0.25, -0.2) is 0 Å². The Morgan fingerprint density at radius 1 is 1.27 bits per heavy atom. The van der Waals surface area contributed by atoms with Gasteiger partial charge in [0.1, 0.15) is 0 Å². The number of ether oxygens (including phenoxy) is 2. The molecule has 1 aliphatic carbocycles. The molecule has 2 aromatic rings. The Labute approximate surface area is 155 Å². The molecule has 0 saturated heterocycles. The first-order valence-corrected chi connectivity index (χ1v) is 9.20. The summed E-state index contributed by atoms with van der Waals surface area (Å²) in [5.74, 6) is 0.231. The van der Waals surface area contributed by atoms with Crippen LogP contribution in [0.5, 0.6) is 11.5 Å². The average Bonchev–Trinajstić information content (AvgIpc) is 3.38. The zero-order valence-electron chi connectivity index (χ0n) is 14.9. The fourth-order valence-electron chi connectivity index (χ4n) is 2.77. The van der Waals surface area contributed by atoms with Gasteiger partial charge in [0.2, 0.25) is 0 Å². The second-order valence-corrected chi connectivity index (χ2v) is 7.63. The summed E-state index contributed by atoms with van der Waals surface area (Å²) in [6.45, 7) is 1.50. The topological polar surface area (TPSA) is 38.8 Å². The molecule has 1 aromatic carbocycles. The lowest BCUT2D eigenvalue weighted by atomic mass is 10.1. The van der Waals surface area contributed by atoms with Crippen molar-refractivity contribution in [1.82, 2.24) is 4.90 Å². The second kappa shape index (κ2) is 7.61. The molecule has 7 heteroatoms. The maximum absolute atomic E-state index is 12.9. The molecule has 0 radical (unpaired) electrons. The number of hydrogen-bond acceptors (Lipinski definition) is 4. The number of hydrogen-bond donors (Lipinski definition) is 0. The number of rotatable bonds is 7. The fraction of sp³-hybridized carbons (Fsp3) is 0.421. The van der Waals surface area contributed by atoms with E-state index < -0.39 is 6.61 Å². The third-order valence-corrected chi connectivity index (χ3v) is 5.56. The Morgan fingerprint density at radius 3 is 2.54 bits per heavy atom. The molecule has 1 aliphatic rings. The summed E-state index contributed by atoms with van der Waals surface area (Å²) in [5.41, 5.74) is 1.93. The van der Waals surface area contributed by atoms with E-state index in [0.717, 1.165) is 33.7 Å². The van der Waals surface area contributed by atoms with E-state index in [1.54, 1.807) is 12.1 Å². The molecular formula is C19H21F2NO3S. The van der Waals surface area contributed by atoms with E-state index in [0.29, 0.717) is 6.54 Å². The van der Waals surface area contributed by atoms with Crippen molar-refractivity contribution in [2.75, 3.05) is 7.11 Å². The average molecular weight is 381 g/mol. The van der Waals surface area contributed by atoms with Crippen LogP contribution in [0.4, 0.5) is 8.78 Å². The van der Waals surface area contributed by atoms with Crippen LogP contribution in [0.1, 0.15) is 38.5 Å². The van der Waals surface area contributed by atoms with Gasteiger partial charge in [0, 0.05) is 17.5 Å². The Hall–Kier alpha value is -2.15. The molecule has 26 heavy (non-hydrogen) atoms. The summed E-state index contributed by atoms with van der Waals surface area (Å²) >= 11 is 1.50. The summed E-state index contributed by atoms with van der Waals surface area (Å²) in [4.78, 5) is 16.7. The van der Waals surface area contributed by atoms with Gasteiger partial charge in [0.05, 0.1) is 12.0 Å². The van der Waals surface area contributed by atoms with Gasteiger partial charge in [-0.1, -0.05) is 6.07 Å². The molecule has 1 aromatic heterocycles. The first kappa shape index (κ1) is 18.6. The second-order valence-electron chi connectivity index (χ2n) is 6.38. The summed E-state index contributed by atoms with van der Waals surface area (Å²) in [6, 6.07) is 6.94. The van der Waals surface area contributed by atoms with Gasteiger partial charge in [-0.05, 0) is 56.0 Å². The molecule has 0 aliphatic heterocycles. The molecule has 1 heterocycles. The van der Waals surface area contributed by atoms with Gasteiger partial charge in [-0.15, -0.1) is 11.3 Å². The molecule has 0 unspecified atom stereocenters. The van der Waals surface area contributed by atoms with Gasteiger partial charge in [-0.3, -0.25) is 4.79 Å². The van der Waals surface area contributed by atoms with Crippen LogP contribution in [-0.2, 0) is 6.54 Å². The number of carbonyl (C=O) groups is 1. The van der Waals surface area contributed by atoms with E-state index in [9.17, 15) is 13.6 Å². The van der Waals surface area contributed by atoms with E-state index >= 15 is 0 Å². The Bertz CT molecular complexity index is 783. The van der Waals surface area contributed by atoms with Crippen LogP contribution in [0.2, 0.25) is 0 Å². The van der Waals surface area contributed by atoms with Crippen molar-refractivity contribution < 1.29 is 23.0 Å². The van der Waals surface area contributed by atoms with E-state index in [-0.39, 0.29) is 23.4 Å². The van der Waals surface area contributed by atoms with Gasteiger partial charge in [0.15, 0.2) is 11.5 Å². The fourth-order valence-corrected chi connectivity index (χ4v) is 3.76. The molecule has 0 bridgehead atoms. The lowest BCUT2D eigenvalue weighted by Gasteiger charge is -2.22. The lowest BCUT2D eigenvalue weighted by molar-refractivity contribution is -0.0512. The number of halogens is 2. The highest BCUT2D eigenvalue weighted by Crippen LogP contribution is 2.34. The summed E-state index contributed by atoms with van der Waals surface area (Å²) in [6.07, 6.45) is 1.97. The normalized spacial score (nSPS) is 13.8. The highest BCUT2D eigenvalue weighted by atomic mass is 32.1. The minimum Gasteiger partial charge on any atom is -0.493 e. The molecule has 0 spiro atoms. The van der Waals surface area contributed by atoms with Crippen molar-refractivity contribution >= 4 is 17.2 Å². The van der Waals surface area contributed by atoms with Crippen LogP contribution >= 0.6 is 11.3 Å². The van der Waals surface area contributed by atoms with E-state index in [1.165, 1.54) is 24.5 Å². The first-order chi connectivity index (χ1) is 12.4. The predicted molar refractivity (Wildman–Crippen MR) is 96.3 cm³/mol. The van der Waals surface area contributed by atoms with Crippen molar-refractivity contribution in [3.63, 3.8) is 0 Å². The van der Waals surface area contributed by atoms with Crippen LogP contribution in [0, 0.1) is 13.8 Å². The van der Waals surface area contributed by atoms with Gasteiger partial charge < -0.3 is 14.4 Å². The summed E-state index contributed by atoms with van der Waals surface area (Å²) in [5, 5.41) is 0. The molecule has 4 nitrogen and oxygen atoms in total. The van der Waals surface area contributed by atoms with E-state index in [1.807, 2.05) is 24.8 Å². The molecule has 3 rings (SSSR count).